The van der Waals surface area contributed by atoms with Gasteiger partial charge in [0.15, 0.2) is 5.13 Å². The predicted molar refractivity (Wildman–Crippen MR) is 63.2 cm³/mol. The van der Waals surface area contributed by atoms with Gasteiger partial charge in [0.05, 0.1) is 0 Å². The zero-order valence-electron chi connectivity index (χ0n) is 8.94. The highest BCUT2D eigenvalue weighted by Crippen LogP contribution is 2.38. The molecule has 4 nitrogen and oxygen atoms in total. The Morgan fingerprint density at radius 3 is 2.82 bits per heavy atom. The molecule has 0 saturated heterocycles. The van der Waals surface area contributed by atoms with E-state index >= 15 is 0 Å². The molecule has 1 aromatic heterocycles. The Morgan fingerprint density at radius 2 is 2.18 bits per heavy atom. The fraction of sp³-hybridized carbons (Fsp3) is 0.0909. The van der Waals surface area contributed by atoms with Crippen LogP contribution in [0.3, 0.4) is 0 Å². The van der Waals surface area contributed by atoms with E-state index in [0.717, 1.165) is 11.3 Å². The Labute approximate surface area is 101 Å². The van der Waals surface area contributed by atoms with Crippen LogP contribution >= 0.6 is 11.3 Å². The number of nitrogen functional groups attached to an aromatic ring is 1. The average Bonchev–Trinajstić information content (AvgIpc) is 2.59. The number of halogens is 1. The normalized spacial score (nSPS) is 10.2. The summed E-state index contributed by atoms with van der Waals surface area (Å²) in [5.74, 6) is -0.887. The Bertz CT molecular complexity index is 568. The molecule has 0 aliphatic heterocycles. The number of hydrogen-bond acceptors (Lipinski definition) is 5. The minimum absolute atomic E-state index is 0.0464. The molecule has 0 saturated carbocycles. The number of benzene rings is 1. The van der Waals surface area contributed by atoms with Crippen LogP contribution in [0.15, 0.2) is 24.3 Å². The molecule has 0 amide bonds. The van der Waals surface area contributed by atoms with Crippen LogP contribution in [0.2, 0.25) is 0 Å². The van der Waals surface area contributed by atoms with Gasteiger partial charge in [0.25, 0.3) is 0 Å². The molecule has 0 aliphatic rings. The van der Waals surface area contributed by atoms with Crippen LogP contribution in [-0.4, -0.2) is 11.0 Å². The van der Waals surface area contributed by atoms with Crippen molar-refractivity contribution < 1.29 is 13.9 Å². The largest absolute Gasteiger partial charge is 0.406 e. The molecule has 0 radical (unpaired) electrons. The lowest BCUT2D eigenvalue weighted by Crippen LogP contribution is -2.02. The predicted octanol–water partition coefficient (Wildman–Crippen LogP) is 2.46. The van der Waals surface area contributed by atoms with Gasteiger partial charge in [0.2, 0.25) is 5.88 Å². The number of rotatable bonds is 2. The monoisotopic (exact) mass is 252 g/mol. The molecule has 2 aromatic rings. The van der Waals surface area contributed by atoms with Gasteiger partial charge >= 0.3 is 5.97 Å². The van der Waals surface area contributed by atoms with Crippen LogP contribution in [0.4, 0.5) is 9.52 Å². The topological polar surface area (TPSA) is 65.2 Å². The van der Waals surface area contributed by atoms with Crippen molar-refractivity contribution in [1.29, 1.82) is 0 Å². The van der Waals surface area contributed by atoms with E-state index in [9.17, 15) is 9.18 Å². The summed E-state index contributed by atoms with van der Waals surface area (Å²) in [7, 11) is 0. The van der Waals surface area contributed by atoms with Crippen molar-refractivity contribution in [1.82, 2.24) is 4.98 Å². The van der Waals surface area contributed by atoms with Crippen LogP contribution in [-0.2, 0) is 4.79 Å². The van der Waals surface area contributed by atoms with Crippen LogP contribution < -0.4 is 10.5 Å². The number of hydrogen-bond donors (Lipinski definition) is 1. The maximum absolute atomic E-state index is 13.6. The van der Waals surface area contributed by atoms with Crippen molar-refractivity contribution in [2.75, 3.05) is 5.73 Å². The van der Waals surface area contributed by atoms with Gasteiger partial charge < -0.3 is 10.5 Å². The second-order valence-corrected chi connectivity index (χ2v) is 4.29. The van der Waals surface area contributed by atoms with E-state index in [4.69, 9.17) is 10.5 Å². The first-order valence-electron chi connectivity index (χ1n) is 4.77. The van der Waals surface area contributed by atoms with Gasteiger partial charge in [-0.05, 0) is 6.07 Å². The standard InChI is InChI=1S/C11H9FN2O2S/c1-6(15)16-10-9(17-11(13)14-10)7-4-2-3-5-8(7)12/h2-5H,1H3,(H2,13,14). The first kappa shape index (κ1) is 11.5. The first-order chi connectivity index (χ1) is 8.08. The van der Waals surface area contributed by atoms with Crippen molar-refractivity contribution >= 4 is 22.4 Å². The number of carbonyl (C=O) groups excluding carboxylic acids is 1. The number of aromatic nitrogens is 1. The fourth-order valence-electron chi connectivity index (χ4n) is 1.34. The molecule has 0 atom stereocenters. The molecule has 2 N–H and O–H groups in total. The number of carbonyl (C=O) groups is 1. The highest BCUT2D eigenvalue weighted by atomic mass is 32.1. The molecule has 0 spiro atoms. The summed E-state index contributed by atoms with van der Waals surface area (Å²) in [5, 5.41) is 0.222. The van der Waals surface area contributed by atoms with E-state index in [-0.39, 0.29) is 11.0 Å². The summed E-state index contributed by atoms with van der Waals surface area (Å²) >= 11 is 1.07. The first-order valence-corrected chi connectivity index (χ1v) is 5.59. The molecule has 6 heteroatoms. The van der Waals surface area contributed by atoms with Gasteiger partial charge in [0.1, 0.15) is 10.7 Å². The minimum Gasteiger partial charge on any atom is -0.406 e. The lowest BCUT2D eigenvalue weighted by atomic mass is 10.2. The third kappa shape index (κ3) is 2.42. The summed E-state index contributed by atoms with van der Waals surface area (Å²) in [6.45, 7) is 1.25. The fourth-order valence-corrected chi connectivity index (χ4v) is 2.13. The third-order valence-electron chi connectivity index (χ3n) is 1.97. The molecule has 1 aromatic carbocycles. The molecule has 88 valence electrons. The Balaban J connectivity index is 2.51. The molecule has 1 heterocycles. The summed E-state index contributed by atoms with van der Waals surface area (Å²) < 4.78 is 18.5. The van der Waals surface area contributed by atoms with Crippen molar-refractivity contribution in [3.63, 3.8) is 0 Å². The molecule has 17 heavy (non-hydrogen) atoms. The number of anilines is 1. The maximum atomic E-state index is 13.6. The van der Waals surface area contributed by atoms with Gasteiger partial charge in [-0.2, -0.15) is 4.98 Å². The minimum atomic E-state index is -0.520. The molecule has 0 bridgehead atoms. The summed E-state index contributed by atoms with van der Waals surface area (Å²) in [4.78, 5) is 15.2. The Kier molecular flexibility index (Phi) is 3.06. The SMILES string of the molecule is CC(=O)Oc1nc(N)sc1-c1ccccc1F. The Morgan fingerprint density at radius 1 is 1.47 bits per heavy atom. The summed E-state index contributed by atoms with van der Waals surface area (Å²) in [6.07, 6.45) is 0. The zero-order valence-corrected chi connectivity index (χ0v) is 9.75. The maximum Gasteiger partial charge on any atom is 0.309 e. The van der Waals surface area contributed by atoms with Crippen molar-refractivity contribution in [2.24, 2.45) is 0 Å². The van der Waals surface area contributed by atoms with Crippen LogP contribution in [0.25, 0.3) is 10.4 Å². The van der Waals surface area contributed by atoms with E-state index in [1.54, 1.807) is 18.2 Å². The van der Waals surface area contributed by atoms with E-state index in [1.165, 1.54) is 13.0 Å². The summed E-state index contributed by atoms with van der Waals surface area (Å²) in [5.41, 5.74) is 5.85. The Hall–Kier alpha value is -1.95. The smallest absolute Gasteiger partial charge is 0.309 e. The van der Waals surface area contributed by atoms with E-state index in [1.807, 2.05) is 0 Å². The van der Waals surface area contributed by atoms with Crippen LogP contribution in [0.1, 0.15) is 6.92 Å². The number of esters is 1. The molecule has 0 fully saturated rings. The van der Waals surface area contributed by atoms with Crippen molar-refractivity contribution in [3.05, 3.63) is 30.1 Å². The average molecular weight is 252 g/mol. The highest BCUT2D eigenvalue weighted by Gasteiger charge is 2.17. The molecular formula is C11H9FN2O2S. The lowest BCUT2D eigenvalue weighted by molar-refractivity contribution is -0.132. The van der Waals surface area contributed by atoms with Crippen molar-refractivity contribution in [3.8, 4) is 16.3 Å². The van der Waals surface area contributed by atoms with Gasteiger partial charge in [0, 0.05) is 12.5 Å². The van der Waals surface area contributed by atoms with Crippen LogP contribution in [0, 0.1) is 5.82 Å². The van der Waals surface area contributed by atoms with Gasteiger partial charge in [-0.15, -0.1) is 0 Å². The van der Waals surface area contributed by atoms with E-state index in [0.29, 0.717) is 10.4 Å². The van der Waals surface area contributed by atoms with Gasteiger partial charge in [-0.3, -0.25) is 4.79 Å². The van der Waals surface area contributed by atoms with E-state index in [2.05, 4.69) is 4.98 Å². The number of ether oxygens (including phenoxy) is 1. The summed E-state index contributed by atoms with van der Waals surface area (Å²) in [6, 6.07) is 6.17. The quantitative estimate of drug-likeness (QED) is 0.834. The highest BCUT2D eigenvalue weighted by molar-refractivity contribution is 7.19. The van der Waals surface area contributed by atoms with Crippen LogP contribution in [0.5, 0.6) is 5.88 Å². The lowest BCUT2D eigenvalue weighted by Gasteiger charge is -2.02. The molecule has 0 aliphatic carbocycles. The van der Waals surface area contributed by atoms with Crippen molar-refractivity contribution in [2.45, 2.75) is 6.92 Å². The van der Waals surface area contributed by atoms with E-state index < -0.39 is 11.8 Å². The number of nitrogens with zero attached hydrogens (tertiary/aromatic N) is 1. The zero-order chi connectivity index (χ0) is 12.4. The third-order valence-corrected chi connectivity index (χ3v) is 2.87. The number of nitrogens with two attached hydrogens (primary N) is 1. The second-order valence-electron chi connectivity index (χ2n) is 3.26. The molecule has 0 unspecified atom stereocenters. The number of thiazole rings is 1. The van der Waals surface area contributed by atoms with Gasteiger partial charge in [-0.25, -0.2) is 4.39 Å². The second kappa shape index (κ2) is 4.50. The molecule has 2 rings (SSSR count). The molecular weight excluding hydrogens is 243 g/mol. The van der Waals surface area contributed by atoms with Gasteiger partial charge in [-0.1, -0.05) is 29.5 Å².